The van der Waals surface area contributed by atoms with Crippen molar-refractivity contribution in [3.8, 4) is 11.3 Å². The average molecular weight is 568 g/mol. The lowest BCUT2D eigenvalue weighted by Crippen LogP contribution is -2.53. The molecule has 9 heteroatoms. The highest BCUT2D eigenvalue weighted by atomic mass is 32.2. The minimum atomic E-state index is -3.70. The fraction of sp³-hybridized carbons (Fsp3) is 0.516. The number of nitrogens with zero attached hydrogens (tertiary/aromatic N) is 2. The molecule has 0 radical (unpaired) electrons. The molecule has 1 saturated carbocycles. The van der Waals surface area contributed by atoms with Crippen LogP contribution in [0.3, 0.4) is 0 Å². The van der Waals surface area contributed by atoms with Crippen LogP contribution in [0.2, 0.25) is 0 Å². The molecule has 1 saturated heterocycles. The van der Waals surface area contributed by atoms with Crippen molar-refractivity contribution in [2.24, 2.45) is 18.9 Å². The second-order valence-corrected chi connectivity index (χ2v) is 13.2. The molecule has 0 bridgehead atoms. The Labute approximate surface area is 237 Å². The quantitative estimate of drug-likeness (QED) is 0.426. The van der Waals surface area contributed by atoms with Gasteiger partial charge in [-0.1, -0.05) is 44.2 Å². The van der Waals surface area contributed by atoms with E-state index < -0.39 is 10.0 Å². The molecule has 2 fully saturated rings. The van der Waals surface area contributed by atoms with Gasteiger partial charge >= 0.3 is 0 Å². The second kappa shape index (κ2) is 12.0. The predicted molar refractivity (Wildman–Crippen MR) is 156 cm³/mol. The van der Waals surface area contributed by atoms with Gasteiger partial charge in [-0.15, -0.1) is 0 Å². The summed E-state index contributed by atoms with van der Waals surface area (Å²) in [5.74, 6) is 0.481. The van der Waals surface area contributed by atoms with Gasteiger partial charge in [-0.3, -0.25) is 4.79 Å². The lowest BCUT2D eigenvalue weighted by Gasteiger charge is -2.41. The molecule has 216 valence electrons. The number of carbonyl (C=O) groups is 1. The maximum atomic E-state index is 13.4. The van der Waals surface area contributed by atoms with Crippen molar-refractivity contribution < 1.29 is 22.7 Å². The molecular formula is C31H41N3O5S. The summed E-state index contributed by atoms with van der Waals surface area (Å²) in [5, 5.41) is 0.985. The Morgan fingerprint density at radius 2 is 1.80 bits per heavy atom. The number of benzene rings is 2. The molecule has 1 N–H and O–H groups in total. The molecule has 0 spiro atoms. The molecule has 2 aromatic carbocycles. The number of rotatable bonds is 8. The number of carbonyl (C=O) groups excluding carboxylic acids is 1. The van der Waals surface area contributed by atoms with Crippen molar-refractivity contribution in [1.29, 1.82) is 0 Å². The van der Waals surface area contributed by atoms with Crippen molar-refractivity contribution >= 4 is 26.8 Å². The average Bonchev–Trinajstić information content (AvgIpc) is 3.29. The number of methoxy groups -OCH3 is 1. The van der Waals surface area contributed by atoms with Crippen LogP contribution >= 0.6 is 0 Å². The number of morpholine rings is 1. The van der Waals surface area contributed by atoms with Crippen molar-refractivity contribution in [3.05, 3.63) is 54.1 Å². The Hall–Kier alpha value is -2.72. The Balaban J connectivity index is 1.25. The van der Waals surface area contributed by atoms with Crippen LogP contribution in [0, 0.1) is 11.8 Å². The number of ether oxygens (including phenoxy) is 2. The molecule has 2 aliphatic rings. The van der Waals surface area contributed by atoms with E-state index in [1.165, 1.54) is 0 Å². The molecular weight excluding hydrogens is 526 g/mol. The first-order valence-corrected chi connectivity index (χ1v) is 15.7. The van der Waals surface area contributed by atoms with Gasteiger partial charge in [-0.25, -0.2) is 13.1 Å². The fourth-order valence-corrected chi connectivity index (χ4v) is 7.45. The van der Waals surface area contributed by atoms with E-state index in [4.69, 9.17) is 9.47 Å². The van der Waals surface area contributed by atoms with Crippen LogP contribution in [-0.4, -0.2) is 62.7 Å². The first-order valence-electron chi connectivity index (χ1n) is 14.3. The molecule has 3 aromatic rings. The van der Waals surface area contributed by atoms with E-state index >= 15 is 0 Å². The highest BCUT2D eigenvalue weighted by Gasteiger charge is 2.36. The smallest absolute Gasteiger partial charge is 0.240 e. The maximum Gasteiger partial charge on any atom is 0.240 e. The normalized spacial score (nSPS) is 22.2. The molecule has 1 aliphatic carbocycles. The lowest BCUT2D eigenvalue weighted by atomic mass is 9.85. The Kier molecular flexibility index (Phi) is 8.66. The Morgan fingerprint density at radius 3 is 2.48 bits per heavy atom. The van der Waals surface area contributed by atoms with Gasteiger partial charge in [0, 0.05) is 49.3 Å². The maximum absolute atomic E-state index is 13.4. The molecule has 1 atom stereocenters. The largest absolute Gasteiger partial charge is 0.380 e. The number of nitrogens with one attached hydrogen (secondary N) is 1. The fourth-order valence-electron chi connectivity index (χ4n) is 6.12. The summed E-state index contributed by atoms with van der Waals surface area (Å²) in [6.45, 7) is 6.62. The first-order chi connectivity index (χ1) is 19.2. The molecule has 2 heterocycles. The lowest BCUT2D eigenvalue weighted by molar-refractivity contribution is -0.147. The Bertz CT molecular complexity index is 1440. The Morgan fingerprint density at radius 1 is 1.07 bits per heavy atom. The van der Waals surface area contributed by atoms with Gasteiger partial charge in [0.15, 0.2) is 0 Å². The summed E-state index contributed by atoms with van der Waals surface area (Å²) in [5.41, 5.74) is 4.04. The van der Waals surface area contributed by atoms with E-state index in [2.05, 4.69) is 36.8 Å². The summed E-state index contributed by atoms with van der Waals surface area (Å²) in [4.78, 5) is 15.6. The van der Waals surface area contributed by atoms with Crippen molar-refractivity contribution in [2.45, 2.75) is 63.1 Å². The topological polar surface area (TPSA) is 89.9 Å². The first kappa shape index (κ1) is 28.8. The SMILES string of the molecule is COCc1ccc(-c2cc3ccc(S(=O)(=O)N[C@H]4CC[C@H](C(=O)N5CCOC[C@@H]5C(C)C)CC4)cc3n2C)cc1. The number of aryl methyl sites for hydroxylation is 1. The standard InChI is InChI=1S/C31H41N3O5S/c1-21(2)30-20-39-16-15-34(30)31(35)24-9-12-26(13-10-24)32-40(36,37)27-14-11-25-17-28(33(3)29(25)18-27)23-7-5-22(6-8-23)19-38-4/h5-8,11,14,17-18,21,24,26,30,32H,9-10,12-13,15-16,19-20H2,1-4H3/t24-,26-,30-/m1/s1. The van der Waals surface area contributed by atoms with Gasteiger partial charge in [0.25, 0.3) is 0 Å². The van der Waals surface area contributed by atoms with Crippen LogP contribution < -0.4 is 4.72 Å². The molecule has 40 heavy (non-hydrogen) atoms. The van der Waals surface area contributed by atoms with E-state index in [-0.39, 0.29) is 28.8 Å². The third-order valence-electron chi connectivity index (χ3n) is 8.50. The van der Waals surface area contributed by atoms with E-state index in [1.807, 2.05) is 34.7 Å². The number of amides is 1. The van der Waals surface area contributed by atoms with Crippen LogP contribution in [0.25, 0.3) is 22.2 Å². The summed E-state index contributed by atoms with van der Waals surface area (Å²) in [6.07, 6.45) is 2.69. The van der Waals surface area contributed by atoms with Crippen molar-refractivity contribution in [2.75, 3.05) is 26.9 Å². The number of hydrogen-bond acceptors (Lipinski definition) is 5. The van der Waals surface area contributed by atoms with Gasteiger partial charge in [-0.05, 0) is 60.9 Å². The minimum absolute atomic E-state index is 0.0539. The molecule has 0 unspecified atom stereocenters. The van der Waals surface area contributed by atoms with E-state index in [9.17, 15) is 13.2 Å². The van der Waals surface area contributed by atoms with E-state index in [1.54, 1.807) is 19.2 Å². The minimum Gasteiger partial charge on any atom is -0.380 e. The molecule has 1 aromatic heterocycles. The molecule has 1 amide bonds. The summed E-state index contributed by atoms with van der Waals surface area (Å²) in [6, 6.07) is 15.5. The predicted octanol–water partition coefficient (Wildman–Crippen LogP) is 4.71. The summed E-state index contributed by atoms with van der Waals surface area (Å²) in [7, 11) is -0.0640. The third kappa shape index (κ3) is 5.98. The van der Waals surface area contributed by atoms with Gasteiger partial charge in [0.1, 0.15) is 0 Å². The van der Waals surface area contributed by atoms with Crippen molar-refractivity contribution in [3.63, 3.8) is 0 Å². The monoisotopic (exact) mass is 567 g/mol. The molecule has 1 aliphatic heterocycles. The number of sulfonamides is 1. The van der Waals surface area contributed by atoms with Gasteiger partial charge in [-0.2, -0.15) is 0 Å². The van der Waals surface area contributed by atoms with Crippen LogP contribution in [0.5, 0.6) is 0 Å². The van der Waals surface area contributed by atoms with Crippen LogP contribution in [0.15, 0.2) is 53.4 Å². The van der Waals surface area contributed by atoms with E-state index in [0.717, 1.165) is 27.7 Å². The third-order valence-corrected chi connectivity index (χ3v) is 10.0. The summed E-state index contributed by atoms with van der Waals surface area (Å²) < 4.78 is 42.6. The number of fused-ring (bicyclic) bond motifs is 1. The number of hydrogen-bond donors (Lipinski definition) is 1. The zero-order valence-electron chi connectivity index (χ0n) is 23.9. The van der Waals surface area contributed by atoms with Gasteiger partial charge in [0.05, 0.1) is 30.8 Å². The van der Waals surface area contributed by atoms with Gasteiger partial charge in [0.2, 0.25) is 15.9 Å². The highest BCUT2D eigenvalue weighted by Crippen LogP contribution is 2.31. The second-order valence-electron chi connectivity index (χ2n) is 11.5. The zero-order valence-corrected chi connectivity index (χ0v) is 24.7. The molecule has 5 rings (SSSR count). The van der Waals surface area contributed by atoms with Crippen molar-refractivity contribution in [1.82, 2.24) is 14.2 Å². The number of aromatic nitrogens is 1. The van der Waals surface area contributed by atoms with Gasteiger partial charge < -0.3 is 18.9 Å². The summed E-state index contributed by atoms with van der Waals surface area (Å²) >= 11 is 0. The van der Waals surface area contributed by atoms with E-state index in [0.29, 0.717) is 58.0 Å². The van der Waals surface area contributed by atoms with Crippen LogP contribution in [-0.2, 0) is 37.9 Å². The van der Waals surface area contributed by atoms with Crippen LogP contribution in [0.4, 0.5) is 0 Å². The zero-order chi connectivity index (χ0) is 28.4. The van der Waals surface area contributed by atoms with Crippen LogP contribution in [0.1, 0.15) is 45.1 Å². The highest BCUT2D eigenvalue weighted by molar-refractivity contribution is 7.89. The molecule has 8 nitrogen and oxygen atoms in total.